The molecule has 0 aliphatic carbocycles. The van der Waals surface area contributed by atoms with Gasteiger partial charge in [0.1, 0.15) is 0 Å². The largest absolute Gasteiger partial charge is 0.399 e. The summed E-state index contributed by atoms with van der Waals surface area (Å²) < 4.78 is 0. The van der Waals surface area contributed by atoms with Crippen molar-refractivity contribution in [3.63, 3.8) is 0 Å². The highest BCUT2D eigenvalue weighted by atomic mass is 32.1. The highest BCUT2D eigenvalue weighted by Gasteiger charge is 1.95. The van der Waals surface area contributed by atoms with Gasteiger partial charge in [-0.15, -0.1) is 11.3 Å². The Morgan fingerprint density at radius 3 is 3.07 bits per heavy atom. The Labute approximate surface area is 86.6 Å². The van der Waals surface area contributed by atoms with Gasteiger partial charge in [0.2, 0.25) is 0 Å². The summed E-state index contributed by atoms with van der Waals surface area (Å²) in [6.45, 7) is 0.762. The summed E-state index contributed by atoms with van der Waals surface area (Å²) in [7, 11) is 0. The Hall–Kier alpha value is -1.55. The molecule has 0 spiro atoms. The van der Waals surface area contributed by atoms with Crippen LogP contribution in [-0.2, 0) is 6.54 Å². The number of nitrogens with zero attached hydrogens (tertiary/aromatic N) is 1. The standard InChI is InChI=1S/C10H11N3S/c11-9-3-1-2-8(6-9)7-13-10-12-4-5-14-10/h1-6H,7,11H2,(H,12,13). The van der Waals surface area contributed by atoms with E-state index in [1.807, 2.05) is 29.6 Å². The van der Waals surface area contributed by atoms with Gasteiger partial charge in [-0.2, -0.15) is 0 Å². The fourth-order valence-electron chi connectivity index (χ4n) is 1.19. The van der Waals surface area contributed by atoms with Crippen LogP contribution in [0.15, 0.2) is 35.8 Å². The van der Waals surface area contributed by atoms with Crippen LogP contribution in [0.4, 0.5) is 10.8 Å². The number of thiazole rings is 1. The third kappa shape index (κ3) is 2.23. The highest BCUT2D eigenvalue weighted by molar-refractivity contribution is 7.13. The molecule has 0 amide bonds. The third-order valence-electron chi connectivity index (χ3n) is 1.83. The fourth-order valence-corrected chi connectivity index (χ4v) is 1.72. The summed E-state index contributed by atoms with van der Waals surface area (Å²) in [5.74, 6) is 0. The first-order chi connectivity index (χ1) is 6.84. The molecule has 0 unspecified atom stereocenters. The van der Waals surface area contributed by atoms with Crippen molar-refractivity contribution in [1.29, 1.82) is 0 Å². The number of hydrogen-bond acceptors (Lipinski definition) is 4. The minimum absolute atomic E-state index is 0.762. The van der Waals surface area contributed by atoms with Crippen LogP contribution in [0.5, 0.6) is 0 Å². The summed E-state index contributed by atoms with van der Waals surface area (Å²) in [4.78, 5) is 4.13. The van der Waals surface area contributed by atoms with Crippen molar-refractivity contribution >= 4 is 22.2 Å². The van der Waals surface area contributed by atoms with Crippen LogP contribution in [0.25, 0.3) is 0 Å². The number of benzene rings is 1. The van der Waals surface area contributed by atoms with Crippen LogP contribution < -0.4 is 11.1 Å². The molecule has 1 heterocycles. The molecule has 1 aromatic heterocycles. The van der Waals surface area contributed by atoms with E-state index >= 15 is 0 Å². The van der Waals surface area contributed by atoms with E-state index in [2.05, 4.69) is 10.3 Å². The van der Waals surface area contributed by atoms with Crippen LogP contribution in [0.3, 0.4) is 0 Å². The number of rotatable bonds is 3. The molecule has 0 saturated carbocycles. The first-order valence-electron chi connectivity index (χ1n) is 4.32. The molecule has 1 aromatic carbocycles. The normalized spacial score (nSPS) is 10.0. The zero-order valence-electron chi connectivity index (χ0n) is 7.60. The van der Waals surface area contributed by atoms with Crippen LogP contribution >= 0.6 is 11.3 Å². The van der Waals surface area contributed by atoms with Crippen molar-refractivity contribution in [2.45, 2.75) is 6.54 Å². The molecule has 2 aromatic rings. The summed E-state index contributed by atoms with van der Waals surface area (Å²) in [6, 6.07) is 7.83. The van der Waals surface area contributed by atoms with E-state index in [-0.39, 0.29) is 0 Å². The van der Waals surface area contributed by atoms with Crippen molar-refractivity contribution < 1.29 is 0 Å². The summed E-state index contributed by atoms with van der Waals surface area (Å²) in [5.41, 5.74) is 7.63. The lowest BCUT2D eigenvalue weighted by Gasteiger charge is -2.03. The molecule has 0 fully saturated rings. The predicted molar refractivity (Wildman–Crippen MR) is 60.3 cm³/mol. The zero-order valence-corrected chi connectivity index (χ0v) is 8.42. The first-order valence-corrected chi connectivity index (χ1v) is 5.20. The molecule has 14 heavy (non-hydrogen) atoms. The molecule has 3 nitrogen and oxygen atoms in total. The van der Waals surface area contributed by atoms with Crippen LogP contribution in [0, 0.1) is 0 Å². The van der Waals surface area contributed by atoms with Gasteiger partial charge in [0.25, 0.3) is 0 Å². The van der Waals surface area contributed by atoms with Crippen LogP contribution in [-0.4, -0.2) is 4.98 Å². The minimum Gasteiger partial charge on any atom is -0.399 e. The van der Waals surface area contributed by atoms with Crippen molar-refractivity contribution in [3.8, 4) is 0 Å². The van der Waals surface area contributed by atoms with E-state index in [0.717, 1.165) is 17.4 Å². The van der Waals surface area contributed by atoms with E-state index in [9.17, 15) is 0 Å². The molecule has 0 saturated heterocycles. The Bertz CT molecular complexity index is 398. The molecular formula is C10H11N3S. The molecule has 4 heteroatoms. The number of nitrogens with one attached hydrogen (secondary N) is 1. The maximum absolute atomic E-state index is 5.67. The minimum atomic E-state index is 0.762. The molecule has 0 aliphatic heterocycles. The summed E-state index contributed by atoms with van der Waals surface area (Å²) >= 11 is 1.59. The number of nitrogens with two attached hydrogens (primary N) is 1. The second kappa shape index (κ2) is 4.11. The van der Waals surface area contributed by atoms with Gasteiger partial charge < -0.3 is 11.1 Å². The van der Waals surface area contributed by atoms with E-state index in [1.54, 1.807) is 17.5 Å². The second-order valence-electron chi connectivity index (χ2n) is 2.94. The maximum atomic E-state index is 5.67. The smallest absolute Gasteiger partial charge is 0.182 e. The Morgan fingerprint density at radius 1 is 1.43 bits per heavy atom. The average Bonchev–Trinajstić information content (AvgIpc) is 2.67. The number of aromatic nitrogens is 1. The van der Waals surface area contributed by atoms with Gasteiger partial charge in [-0.25, -0.2) is 4.98 Å². The van der Waals surface area contributed by atoms with Gasteiger partial charge in [-0.05, 0) is 17.7 Å². The lowest BCUT2D eigenvalue weighted by Crippen LogP contribution is -1.99. The SMILES string of the molecule is Nc1cccc(CNc2nccs2)c1. The van der Waals surface area contributed by atoms with Crippen molar-refractivity contribution in [2.24, 2.45) is 0 Å². The van der Waals surface area contributed by atoms with E-state index < -0.39 is 0 Å². The van der Waals surface area contributed by atoms with Crippen LogP contribution in [0.2, 0.25) is 0 Å². The summed E-state index contributed by atoms with van der Waals surface area (Å²) in [6.07, 6.45) is 1.78. The molecule has 0 radical (unpaired) electrons. The zero-order chi connectivity index (χ0) is 9.80. The highest BCUT2D eigenvalue weighted by Crippen LogP contribution is 2.13. The van der Waals surface area contributed by atoms with Crippen molar-refractivity contribution in [1.82, 2.24) is 4.98 Å². The second-order valence-corrected chi connectivity index (χ2v) is 3.83. The molecule has 0 aliphatic rings. The molecule has 72 valence electrons. The fraction of sp³-hybridized carbons (Fsp3) is 0.100. The van der Waals surface area contributed by atoms with Gasteiger partial charge in [0, 0.05) is 23.8 Å². The molecular weight excluding hydrogens is 194 g/mol. The Balaban J connectivity index is 1.98. The van der Waals surface area contributed by atoms with E-state index in [0.29, 0.717) is 0 Å². The van der Waals surface area contributed by atoms with Gasteiger partial charge in [-0.3, -0.25) is 0 Å². The lowest BCUT2D eigenvalue weighted by atomic mass is 10.2. The number of anilines is 2. The Kier molecular flexibility index (Phi) is 2.65. The number of hydrogen-bond donors (Lipinski definition) is 2. The van der Waals surface area contributed by atoms with Gasteiger partial charge in [0.15, 0.2) is 5.13 Å². The quantitative estimate of drug-likeness (QED) is 0.756. The third-order valence-corrected chi connectivity index (χ3v) is 2.56. The topological polar surface area (TPSA) is 50.9 Å². The van der Waals surface area contributed by atoms with Gasteiger partial charge in [-0.1, -0.05) is 12.1 Å². The summed E-state index contributed by atoms with van der Waals surface area (Å²) in [5, 5.41) is 6.10. The maximum Gasteiger partial charge on any atom is 0.182 e. The van der Waals surface area contributed by atoms with E-state index in [4.69, 9.17) is 5.73 Å². The molecule has 0 bridgehead atoms. The monoisotopic (exact) mass is 205 g/mol. The van der Waals surface area contributed by atoms with Gasteiger partial charge >= 0.3 is 0 Å². The first kappa shape index (κ1) is 9.02. The molecule has 0 atom stereocenters. The Morgan fingerprint density at radius 2 is 2.36 bits per heavy atom. The lowest BCUT2D eigenvalue weighted by molar-refractivity contribution is 1.14. The predicted octanol–water partition coefficient (Wildman–Crippen LogP) is 2.34. The van der Waals surface area contributed by atoms with Crippen molar-refractivity contribution in [3.05, 3.63) is 41.4 Å². The molecule has 2 rings (SSSR count). The number of nitrogen functional groups attached to an aromatic ring is 1. The van der Waals surface area contributed by atoms with Crippen LogP contribution in [0.1, 0.15) is 5.56 Å². The van der Waals surface area contributed by atoms with Crippen molar-refractivity contribution in [2.75, 3.05) is 11.1 Å². The van der Waals surface area contributed by atoms with E-state index in [1.165, 1.54) is 5.56 Å². The average molecular weight is 205 g/mol. The van der Waals surface area contributed by atoms with Gasteiger partial charge in [0.05, 0.1) is 0 Å². The molecule has 3 N–H and O–H groups in total.